The molecule has 1 fully saturated rings. The van der Waals surface area contributed by atoms with Crippen molar-refractivity contribution in [3.8, 4) is 5.75 Å². The van der Waals surface area contributed by atoms with Crippen LogP contribution in [0, 0.1) is 0 Å². The van der Waals surface area contributed by atoms with Crippen LogP contribution in [0.5, 0.6) is 5.75 Å². The Bertz CT molecular complexity index is 392. The lowest BCUT2D eigenvalue weighted by Gasteiger charge is -2.11. The summed E-state index contributed by atoms with van der Waals surface area (Å²) in [4.78, 5) is 10.6. The Kier molecular flexibility index (Phi) is 3.13. The van der Waals surface area contributed by atoms with Crippen LogP contribution in [0.25, 0.3) is 0 Å². The van der Waals surface area contributed by atoms with Crippen LogP contribution in [-0.4, -0.2) is 16.2 Å². The fraction of sp³-hybridized carbons (Fsp3) is 0.462. The van der Waals surface area contributed by atoms with Crippen molar-refractivity contribution in [1.82, 2.24) is 0 Å². The molecule has 2 N–H and O–H groups in total. The van der Waals surface area contributed by atoms with Crippen molar-refractivity contribution in [3.05, 3.63) is 29.3 Å². The molecule has 0 amide bonds. The van der Waals surface area contributed by atoms with Gasteiger partial charge in [-0.15, -0.1) is 0 Å². The first-order valence-corrected chi connectivity index (χ1v) is 5.70. The summed E-state index contributed by atoms with van der Waals surface area (Å²) in [6.45, 7) is 0. The number of carboxylic acids is 1. The molecule has 1 aromatic carbocycles. The van der Waals surface area contributed by atoms with E-state index in [-0.39, 0.29) is 12.2 Å². The van der Waals surface area contributed by atoms with Gasteiger partial charge in [-0.25, -0.2) is 0 Å². The SMILES string of the molecule is O=C(O)Cc1ccc(C2CCCC2)cc1O. The molecule has 86 valence electrons. The normalized spacial score (nSPS) is 16.5. The molecule has 3 heteroatoms. The highest BCUT2D eigenvalue weighted by molar-refractivity contribution is 5.71. The molecule has 0 bridgehead atoms. The van der Waals surface area contributed by atoms with Crippen LogP contribution in [0.3, 0.4) is 0 Å². The largest absolute Gasteiger partial charge is 0.508 e. The monoisotopic (exact) mass is 220 g/mol. The Morgan fingerprint density at radius 3 is 2.56 bits per heavy atom. The number of benzene rings is 1. The Balaban J connectivity index is 2.18. The van der Waals surface area contributed by atoms with Gasteiger partial charge in [-0.05, 0) is 30.4 Å². The standard InChI is InChI=1S/C13H16O3/c14-12-7-10(9-3-1-2-4-9)5-6-11(12)8-13(15)16/h5-7,9,14H,1-4,8H2,(H,15,16). The van der Waals surface area contributed by atoms with E-state index < -0.39 is 5.97 Å². The first-order chi connectivity index (χ1) is 7.66. The average Bonchev–Trinajstić information content (AvgIpc) is 2.73. The zero-order chi connectivity index (χ0) is 11.5. The number of rotatable bonds is 3. The lowest BCUT2D eigenvalue weighted by Crippen LogP contribution is -2.01. The van der Waals surface area contributed by atoms with E-state index in [1.807, 2.05) is 6.07 Å². The molecule has 0 aromatic heterocycles. The molecule has 1 aromatic rings. The number of carboxylic acid groups (broad SMARTS) is 1. The molecule has 0 spiro atoms. The maximum absolute atomic E-state index is 10.6. The van der Waals surface area contributed by atoms with Crippen LogP contribution >= 0.6 is 0 Å². The number of hydrogen-bond donors (Lipinski definition) is 2. The van der Waals surface area contributed by atoms with Gasteiger partial charge in [0.2, 0.25) is 0 Å². The highest BCUT2D eigenvalue weighted by Crippen LogP contribution is 2.36. The van der Waals surface area contributed by atoms with E-state index in [0.717, 1.165) is 5.56 Å². The summed E-state index contributed by atoms with van der Waals surface area (Å²) in [5, 5.41) is 18.4. The summed E-state index contributed by atoms with van der Waals surface area (Å²) < 4.78 is 0. The molecule has 2 rings (SSSR count). The summed E-state index contributed by atoms with van der Waals surface area (Å²) >= 11 is 0. The number of aliphatic carboxylic acids is 1. The fourth-order valence-corrected chi connectivity index (χ4v) is 2.41. The predicted molar refractivity (Wildman–Crippen MR) is 60.7 cm³/mol. The second-order valence-electron chi connectivity index (χ2n) is 4.44. The van der Waals surface area contributed by atoms with Gasteiger partial charge in [-0.3, -0.25) is 4.79 Å². The third-order valence-electron chi connectivity index (χ3n) is 3.28. The van der Waals surface area contributed by atoms with E-state index >= 15 is 0 Å². The Labute approximate surface area is 94.7 Å². The summed E-state index contributed by atoms with van der Waals surface area (Å²) in [6, 6.07) is 5.42. The van der Waals surface area contributed by atoms with Crippen molar-refractivity contribution in [2.45, 2.75) is 38.0 Å². The summed E-state index contributed by atoms with van der Waals surface area (Å²) in [5.74, 6) is -0.250. The molecule has 0 saturated heterocycles. The molecule has 0 heterocycles. The van der Waals surface area contributed by atoms with Gasteiger partial charge in [0, 0.05) is 5.56 Å². The summed E-state index contributed by atoms with van der Waals surface area (Å²) in [6.07, 6.45) is 4.75. The van der Waals surface area contributed by atoms with E-state index in [1.165, 1.54) is 25.7 Å². The summed E-state index contributed by atoms with van der Waals surface area (Å²) in [5.41, 5.74) is 1.64. The first-order valence-electron chi connectivity index (χ1n) is 5.70. The lowest BCUT2D eigenvalue weighted by molar-refractivity contribution is -0.136. The third-order valence-corrected chi connectivity index (χ3v) is 3.28. The number of carbonyl (C=O) groups is 1. The molecule has 1 aliphatic carbocycles. The van der Waals surface area contributed by atoms with Crippen LogP contribution in [-0.2, 0) is 11.2 Å². The highest BCUT2D eigenvalue weighted by atomic mass is 16.4. The Morgan fingerprint density at radius 1 is 1.31 bits per heavy atom. The van der Waals surface area contributed by atoms with Gasteiger partial charge < -0.3 is 10.2 Å². The molecule has 0 aliphatic heterocycles. The van der Waals surface area contributed by atoms with Crippen molar-refractivity contribution in [1.29, 1.82) is 0 Å². The first kappa shape index (κ1) is 11.0. The minimum atomic E-state index is -0.913. The number of hydrogen-bond acceptors (Lipinski definition) is 2. The molecule has 0 atom stereocenters. The Morgan fingerprint density at radius 2 is 2.00 bits per heavy atom. The molecular weight excluding hydrogens is 204 g/mol. The van der Waals surface area contributed by atoms with Crippen LogP contribution in [0.15, 0.2) is 18.2 Å². The van der Waals surface area contributed by atoms with Gasteiger partial charge >= 0.3 is 5.97 Å². The van der Waals surface area contributed by atoms with Crippen molar-refractivity contribution in [3.63, 3.8) is 0 Å². The average molecular weight is 220 g/mol. The Hall–Kier alpha value is -1.51. The van der Waals surface area contributed by atoms with Gasteiger partial charge in [0.05, 0.1) is 6.42 Å². The van der Waals surface area contributed by atoms with Crippen LogP contribution in [0.1, 0.15) is 42.7 Å². The predicted octanol–water partition coefficient (Wildman–Crippen LogP) is 2.68. The van der Waals surface area contributed by atoms with Crippen LogP contribution in [0.4, 0.5) is 0 Å². The molecule has 0 radical (unpaired) electrons. The van der Waals surface area contributed by atoms with Gasteiger partial charge in [-0.1, -0.05) is 25.0 Å². The van der Waals surface area contributed by atoms with Gasteiger partial charge in [0.1, 0.15) is 5.75 Å². The maximum Gasteiger partial charge on any atom is 0.307 e. The second kappa shape index (κ2) is 4.56. The van der Waals surface area contributed by atoms with Crippen molar-refractivity contribution in [2.75, 3.05) is 0 Å². The second-order valence-corrected chi connectivity index (χ2v) is 4.44. The van der Waals surface area contributed by atoms with E-state index in [0.29, 0.717) is 11.5 Å². The zero-order valence-electron chi connectivity index (χ0n) is 9.15. The van der Waals surface area contributed by atoms with E-state index in [1.54, 1.807) is 12.1 Å². The third kappa shape index (κ3) is 2.35. The van der Waals surface area contributed by atoms with Crippen molar-refractivity contribution in [2.24, 2.45) is 0 Å². The topological polar surface area (TPSA) is 57.5 Å². The zero-order valence-corrected chi connectivity index (χ0v) is 9.15. The van der Waals surface area contributed by atoms with Crippen LogP contribution < -0.4 is 0 Å². The molecule has 0 unspecified atom stereocenters. The molecular formula is C13H16O3. The minimum absolute atomic E-state index is 0.114. The summed E-state index contributed by atoms with van der Waals surface area (Å²) in [7, 11) is 0. The molecule has 1 aliphatic rings. The highest BCUT2D eigenvalue weighted by Gasteiger charge is 2.18. The van der Waals surface area contributed by atoms with Gasteiger partial charge in [-0.2, -0.15) is 0 Å². The molecule has 16 heavy (non-hydrogen) atoms. The van der Waals surface area contributed by atoms with E-state index in [2.05, 4.69) is 0 Å². The smallest absolute Gasteiger partial charge is 0.307 e. The maximum atomic E-state index is 10.6. The molecule has 1 saturated carbocycles. The minimum Gasteiger partial charge on any atom is -0.508 e. The quantitative estimate of drug-likeness (QED) is 0.823. The fourth-order valence-electron chi connectivity index (χ4n) is 2.41. The number of aromatic hydroxyl groups is 1. The van der Waals surface area contributed by atoms with Crippen LogP contribution in [0.2, 0.25) is 0 Å². The van der Waals surface area contributed by atoms with Crippen molar-refractivity contribution >= 4 is 5.97 Å². The molecule has 3 nitrogen and oxygen atoms in total. The van der Waals surface area contributed by atoms with Crippen molar-refractivity contribution < 1.29 is 15.0 Å². The van der Waals surface area contributed by atoms with E-state index in [9.17, 15) is 9.90 Å². The van der Waals surface area contributed by atoms with Gasteiger partial charge in [0.25, 0.3) is 0 Å². The van der Waals surface area contributed by atoms with Gasteiger partial charge in [0.15, 0.2) is 0 Å². The lowest BCUT2D eigenvalue weighted by atomic mass is 9.95. The number of phenolic OH excluding ortho intramolecular Hbond substituents is 1. The van der Waals surface area contributed by atoms with E-state index in [4.69, 9.17) is 5.11 Å². The number of phenols is 1.